The van der Waals surface area contributed by atoms with Gasteiger partial charge in [-0.05, 0) is 47.0 Å². The highest BCUT2D eigenvalue weighted by molar-refractivity contribution is 5.69. The minimum Gasteiger partial charge on any atom is -0.444 e. The quantitative estimate of drug-likeness (QED) is 0.806. The van der Waals surface area contributed by atoms with Crippen molar-refractivity contribution >= 4 is 6.09 Å². The Bertz CT molecular complexity index is 248. The van der Waals surface area contributed by atoms with Gasteiger partial charge >= 0.3 is 6.09 Å². The fraction of sp³-hybridized carbons (Fsp3) is 0.917. The largest absolute Gasteiger partial charge is 0.444 e. The van der Waals surface area contributed by atoms with Gasteiger partial charge in [0.1, 0.15) is 5.60 Å². The number of aliphatic hydroxyl groups excluding tert-OH is 1. The summed E-state index contributed by atoms with van der Waals surface area (Å²) < 4.78 is 5.35. The lowest BCUT2D eigenvalue weighted by Gasteiger charge is -2.48. The van der Waals surface area contributed by atoms with E-state index < -0.39 is 5.60 Å². The second kappa shape index (κ2) is 4.62. The molecule has 0 aromatic rings. The van der Waals surface area contributed by atoms with E-state index in [0.29, 0.717) is 6.54 Å². The molecule has 0 aromatic carbocycles. The Kier molecular flexibility index (Phi) is 3.84. The van der Waals surface area contributed by atoms with Gasteiger partial charge in [-0.25, -0.2) is 4.79 Å². The number of likely N-dealkylation sites (N-methyl/N-ethyl adjacent to an activating group) is 1. The highest BCUT2D eigenvalue weighted by Gasteiger charge is 2.45. The predicted molar refractivity (Wildman–Crippen MR) is 62.3 cm³/mol. The molecule has 0 heterocycles. The Morgan fingerprint density at radius 1 is 1.44 bits per heavy atom. The van der Waals surface area contributed by atoms with E-state index in [1.54, 1.807) is 4.90 Å². The number of hydrogen-bond donors (Lipinski definition) is 1. The monoisotopic (exact) mass is 229 g/mol. The minimum absolute atomic E-state index is 0.0279. The Labute approximate surface area is 97.6 Å². The van der Waals surface area contributed by atoms with Crippen molar-refractivity contribution in [3.05, 3.63) is 0 Å². The molecular formula is C12H23NO3. The first-order valence-corrected chi connectivity index (χ1v) is 5.96. The topological polar surface area (TPSA) is 49.8 Å². The van der Waals surface area contributed by atoms with Crippen LogP contribution in [-0.4, -0.2) is 40.4 Å². The molecule has 0 aliphatic heterocycles. The summed E-state index contributed by atoms with van der Waals surface area (Å²) in [5.41, 5.74) is -0.845. The van der Waals surface area contributed by atoms with Gasteiger partial charge in [0.15, 0.2) is 0 Å². The third kappa shape index (κ3) is 2.67. The minimum atomic E-state index is -0.481. The third-order valence-corrected chi connectivity index (χ3v) is 3.08. The summed E-state index contributed by atoms with van der Waals surface area (Å²) in [5, 5.41) is 9.44. The normalized spacial score (nSPS) is 18.8. The molecule has 4 heteroatoms. The van der Waals surface area contributed by atoms with Gasteiger partial charge in [-0.3, -0.25) is 0 Å². The standard InChI is InChI=1S/C12H23NO3/c1-5-13(10(15)16-11(2,3)4)12(9-14)7-6-8-12/h14H,5-9H2,1-4H3. The first-order valence-electron chi connectivity index (χ1n) is 5.96. The van der Waals surface area contributed by atoms with Crippen LogP contribution in [0.25, 0.3) is 0 Å². The van der Waals surface area contributed by atoms with Crippen molar-refractivity contribution in [2.75, 3.05) is 13.2 Å². The van der Waals surface area contributed by atoms with Gasteiger partial charge in [0.2, 0.25) is 0 Å². The molecule has 1 aliphatic carbocycles. The van der Waals surface area contributed by atoms with Crippen LogP contribution in [0.2, 0.25) is 0 Å². The van der Waals surface area contributed by atoms with E-state index >= 15 is 0 Å². The zero-order valence-corrected chi connectivity index (χ0v) is 10.7. The first kappa shape index (κ1) is 13.3. The summed E-state index contributed by atoms with van der Waals surface area (Å²) in [4.78, 5) is 13.6. The van der Waals surface area contributed by atoms with Gasteiger partial charge in [0.25, 0.3) is 0 Å². The molecule has 0 atom stereocenters. The molecule has 0 unspecified atom stereocenters. The van der Waals surface area contributed by atoms with Crippen molar-refractivity contribution in [2.45, 2.75) is 58.1 Å². The molecule has 1 amide bonds. The zero-order valence-electron chi connectivity index (χ0n) is 10.7. The van der Waals surface area contributed by atoms with Crippen molar-refractivity contribution in [1.82, 2.24) is 4.90 Å². The van der Waals surface area contributed by atoms with Crippen LogP contribution in [0, 0.1) is 0 Å². The Balaban J connectivity index is 2.70. The number of hydrogen-bond acceptors (Lipinski definition) is 3. The number of ether oxygens (including phenoxy) is 1. The molecule has 0 radical (unpaired) electrons. The lowest BCUT2D eigenvalue weighted by molar-refractivity contribution is -0.0466. The Morgan fingerprint density at radius 3 is 2.25 bits per heavy atom. The molecule has 1 saturated carbocycles. The van der Waals surface area contributed by atoms with Crippen LogP contribution in [0.4, 0.5) is 4.79 Å². The summed E-state index contributed by atoms with van der Waals surface area (Å²) in [6.45, 7) is 8.08. The van der Waals surface area contributed by atoms with Crippen LogP contribution in [0.15, 0.2) is 0 Å². The molecule has 0 saturated heterocycles. The smallest absolute Gasteiger partial charge is 0.410 e. The van der Waals surface area contributed by atoms with Gasteiger partial charge < -0.3 is 14.7 Å². The molecule has 16 heavy (non-hydrogen) atoms. The lowest BCUT2D eigenvalue weighted by atomic mass is 9.76. The number of carbonyl (C=O) groups excluding carboxylic acids is 1. The van der Waals surface area contributed by atoms with E-state index in [2.05, 4.69) is 0 Å². The average Bonchev–Trinajstić information content (AvgIpc) is 2.07. The van der Waals surface area contributed by atoms with Crippen molar-refractivity contribution in [3.63, 3.8) is 0 Å². The van der Waals surface area contributed by atoms with Crippen LogP contribution in [0.1, 0.15) is 47.0 Å². The molecule has 1 N–H and O–H groups in total. The first-order chi connectivity index (χ1) is 7.34. The molecule has 0 aromatic heterocycles. The predicted octanol–water partition coefficient (Wildman–Crippen LogP) is 2.16. The number of amides is 1. The number of aliphatic hydroxyl groups is 1. The molecule has 94 valence electrons. The summed E-state index contributed by atoms with van der Waals surface area (Å²) in [6.07, 6.45) is 2.50. The van der Waals surface area contributed by atoms with Crippen molar-refractivity contribution in [2.24, 2.45) is 0 Å². The van der Waals surface area contributed by atoms with Crippen LogP contribution < -0.4 is 0 Å². The molecule has 4 nitrogen and oxygen atoms in total. The van der Waals surface area contributed by atoms with Crippen molar-refractivity contribution in [1.29, 1.82) is 0 Å². The van der Waals surface area contributed by atoms with E-state index in [9.17, 15) is 9.90 Å². The SMILES string of the molecule is CCN(C(=O)OC(C)(C)C)C1(CO)CCC1. The van der Waals surface area contributed by atoms with Crippen LogP contribution in [-0.2, 0) is 4.74 Å². The second-order valence-corrected chi connectivity index (χ2v) is 5.46. The summed E-state index contributed by atoms with van der Waals surface area (Å²) in [7, 11) is 0. The maximum absolute atomic E-state index is 12.0. The molecular weight excluding hydrogens is 206 g/mol. The Morgan fingerprint density at radius 2 is 2.00 bits per heavy atom. The summed E-state index contributed by atoms with van der Waals surface area (Å²) in [6, 6.07) is 0. The average molecular weight is 229 g/mol. The van der Waals surface area contributed by atoms with E-state index in [-0.39, 0.29) is 18.2 Å². The number of carbonyl (C=O) groups is 1. The summed E-state index contributed by atoms with van der Waals surface area (Å²) >= 11 is 0. The molecule has 1 fully saturated rings. The number of nitrogens with zero attached hydrogens (tertiary/aromatic N) is 1. The van der Waals surface area contributed by atoms with Crippen LogP contribution in [0.5, 0.6) is 0 Å². The highest BCUT2D eigenvalue weighted by atomic mass is 16.6. The van der Waals surface area contributed by atoms with E-state index in [4.69, 9.17) is 4.74 Å². The van der Waals surface area contributed by atoms with Crippen LogP contribution >= 0.6 is 0 Å². The second-order valence-electron chi connectivity index (χ2n) is 5.46. The van der Waals surface area contributed by atoms with Crippen LogP contribution in [0.3, 0.4) is 0 Å². The number of rotatable bonds is 3. The van der Waals surface area contributed by atoms with Gasteiger partial charge in [-0.15, -0.1) is 0 Å². The molecule has 1 rings (SSSR count). The van der Waals surface area contributed by atoms with Gasteiger partial charge in [0.05, 0.1) is 12.1 Å². The van der Waals surface area contributed by atoms with E-state index in [1.807, 2.05) is 27.7 Å². The Hall–Kier alpha value is -0.770. The lowest BCUT2D eigenvalue weighted by Crippen LogP contribution is -2.59. The van der Waals surface area contributed by atoms with E-state index in [0.717, 1.165) is 19.3 Å². The van der Waals surface area contributed by atoms with Gasteiger partial charge in [0, 0.05) is 6.54 Å². The molecule has 0 bridgehead atoms. The highest BCUT2D eigenvalue weighted by Crippen LogP contribution is 2.37. The third-order valence-electron chi connectivity index (χ3n) is 3.08. The zero-order chi connectivity index (χ0) is 12.4. The van der Waals surface area contributed by atoms with E-state index in [1.165, 1.54) is 0 Å². The maximum atomic E-state index is 12.0. The van der Waals surface area contributed by atoms with Gasteiger partial charge in [-0.1, -0.05) is 0 Å². The fourth-order valence-electron chi connectivity index (χ4n) is 2.07. The van der Waals surface area contributed by atoms with Gasteiger partial charge in [-0.2, -0.15) is 0 Å². The molecule has 0 spiro atoms. The molecule has 1 aliphatic rings. The summed E-state index contributed by atoms with van der Waals surface area (Å²) in [5.74, 6) is 0. The van der Waals surface area contributed by atoms with Crippen molar-refractivity contribution in [3.8, 4) is 0 Å². The fourth-order valence-corrected chi connectivity index (χ4v) is 2.07. The van der Waals surface area contributed by atoms with Crippen molar-refractivity contribution < 1.29 is 14.6 Å². The maximum Gasteiger partial charge on any atom is 0.410 e.